The zero-order chi connectivity index (χ0) is 19.0. The summed E-state index contributed by atoms with van der Waals surface area (Å²) in [5, 5.41) is 2.75. The molecule has 26 heavy (non-hydrogen) atoms. The number of ether oxygens (including phenoxy) is 2. The van der Waals surface area contributed by atoms with Crippen LogP contribution in [-0.2, 0) is 27.1 Å². The van der Waals surface area contributed by atoms with Gasteiger partial charge in [0.15, 0.2) is 18.1 Å². The average Bonchev–Trinajstić information content (AvgIpc) is 2.65. The Bertz CT molecular complexity index is 835. The van der Waals surface area contributed by atoms with Crippen molar-refractivity contribution in [3.05, 3.63) is 59.7 Å². The third kappa shape index (κ3) is 6.05. The van der Waals surface area contributed by atoms with Crippen LogP contribution in [0.25, 0.3) is 0 Å². The average molecular weight is 378 g/mol. The van der Waals surface area contributed by atoms with Crippen molar-refractivity contribution in [3.8, 4) is 11.5 Å². The second kappa shape index (κ2) is 9.21. The maximum atomic E-state index is 11.9. The minimum Gasteiger partial charge on any atom is -0.493 e. The molecule has 0 saturated carbocycles. The second-order valence-corrected chi connectivity index (χ2v) is 7.42. The van der Waals surface area contributed by atoms with E-state index in [-0.39, 0.29) is 18.3 Å². The number of rotatable bonds is 9. The lowest BCUT2D eigenvalue weighted by atomic mass is 10.1. The SMILES string of the molecule is CNS(=O)(=O)Cc1ccc(CNC(=O)COc2ccccc2OC)cc1. The van der Waals surface area contributed by atoms with Crippen LogP contribution in [0.3, 0.4) is 0 Å². The lowest BCUT2D eigenvalue weighted by Gasteiger charge is -2.10. The quantitative estimate of drug-likeness (QED) is 0.689. The van der Waals surface area contributed by atoms with E-state index in [2.05, 4.69) is 10.0 Å². The molecule has 8 heteroatoms. The van der Waals surface area contributed by atoms with Crippen molar-refractivity contribution in [2.45, 2.75) is 12.3 Å². The number of carbonyl (C=O) groups is 1. The molecule has 0 aliphatic rings. The van der Waals surface area contributed by atoms with Gasteiger partial charge in [-0.15, -0.1) is 0 Å². The number of para-hydroxylation sites is 2. The predicted molar refractivity (Wildman–Crippen MR) is 98.5 cm³/mol. The van der Waals surface area contributed by atoms with Crippen molar-refractivity contribution in [2.75, 3.05) is 20.8 Å². The molecule has 2 aromatic carbocycles. The summed E-state index contributed by atoms with van der Waals surface area (Å²) < 4.78 is 35.9. The number of nitrogens with one attached hydrogen (secondary N) is 2. The van der Waals surface area contributed by atoms with Crippen LogP contribution in [0.2, 0.25) is 0 Å². The van der Waals surface area contributed by atoms with Gasteiger partial charge in [0.05, 0.1) is 12.9 Å². The number of hydrogen-bond acceptors (Lipinski definition) is 5. The third-order valence-electron chi connectivity index (χ3n) is 3.61. The summed E-state index contributed by atoms with van der Waals surface area (Å²) in [7, 11) is -0.380. The third-order valence-corrected chi connectivity index (χ3v) is 4.94. The van der Waals surface area contributed by atoms with Crippen LogP contribution < -0.4 is 19.5 Å². The summed E-state index contributed by atoms with van der Waals surface area (Å²) in [5.74, 6) is 0.716. The smallest absolute Gasteiger partial charge is 0.258 e. The van der Waals surface area contributed by atoms with E-state index in [0.717, 1.165) is 5.56 Å². The molecule has 0 aliphatic heterocycles. The maximum absolute atomic E-state index is 11.9. The van der Waals surface area contributed by atoms with Gasteiger partial charge in [-0.1, -0.05) is 36.4 Å². The highest BCUT2D eigenvalue weighted by atomic mass is 32.2. The zero-order valence-electron chi connectivity index (χ0n) is 14.7. The Morgan fingerprint density at radius 2 is 1.62 bits per heavy atom. The molecule has 2 N–H and O–H groups in total. The van der Waals surface area contributed by atoms with Crippen molar-refractivity contribution >= 4 is 15.9 Å². The van der Waals surface area contributed by atoms with Gasteiger partial charge in [-0.05, 0) is 30.3 Å². The summed E-state index contributed by atoms with van der Waals surface area (Å²) in [5.41, 5.74) is 1.54. The molecule has 0 bridgehead atoms. The highest BCUT2D eigenvalue weighted by Crippen LogP contribution is 2.25. The molecule has 0 aliphatic carbocycles. The van der Waals surface area contributed by atoms with Crippen molar-refractivity contribution in [3.63, 3.8) is 0 Å². The Kier molecular flexibility index (Phi) is 6.99. The van der Waals surface area contributed by atoms with E-state index in [1.165, 1.54) is 14.2 Å². The van der Waals surface area contributed by atoms with Gasteiger partial charge in [0.1, 0.15) is 0 Å². The molecule has 0 aromatic heterocycles. The summed E-state index contributed by atoms with van der Waals surface area (Å²) >= 11 is 0. The van der Waals surface area contributed by atoms with Crippen LogP contribution in [0.4, 0.5) is 0 Å². The van der Waals surface area contributed by atoms with E-state index < -0.39 is 10.0 Å². The van der Waals surface area contributed by atoms with Crippen LogP contribution in [0.1, 0.15) is 11.1 Å². The van der Waals surface area contributed by atoms with Gasteiger partial charge in [-0.25, -0.2) is 13.1 Å². The molecular formula is C18H22N2O5S. The maximum Gasteiger partial charge on any atom is 0.258 e. The first kappa shape index (κ1) is 19.7. The number of hydrogen-bond donors (Lipinski definition) is 2. The molecule has 0 fully saturated rings. The summed E-state index contributed by atoms with van der Waals surface area (Å²) in [4.78, 5) is 11.9. The second-order valence-electron chi connectivity index (χ2n) is 5.50. The molecule has 0 unspecified atom stereocenters. The number of amides is 1. The van der Waals surface area contributed by atoms with Gasteiger partial charge in [0, 0.05) is 6.54 Å². The van der Waals surface area contributed by atoms with E-state index in [9.17, 15) is 13.2 Å². The number of carbonyl (C=O) groups excluding carboxylic acids is 1. The molecule has 0 atom stereocenters. The molecule has 0 radical (unpaired) electrons. The van der Waals surface area contributed by atoms with Gasteiger partial charge >= 0.3 is 0 Å². The Hall–Kier alpha value is -2.58. The largest absolute Gasteiger partial charge is 0.493 e. The minimum atomic E-state index is -3.30. The van der Waals surface area contributed by atoms with E-state index >= 15 is 0 Å². The van der Waals surface area contributed by atoms with Gasteiger partial charge in [-0.3, -0.25) is 4.79 Å². The molecule has 2 aromatic rings. The first-order valence-electron chi connectivity index (χ1n) is 7.95. The Morgan fingerprint density at radius 3 is 2.23 bits per heavy atom. The highest BCUT2D eigenvalue weighted by Gasteiger charge is 2.09. The molecule has 2 rings (SSSR count). The van der Waals surface area contributed by atoms with Crippen LogP contribution in [0.5, 0.6) is 11.5 Å². The molecule has 0 saturated heterocycles. The first-order valence-corrected chi connectivity index (χ1v) is 9.60. The monoisotopic (exact) mass is 378 g/mol. The molecule has 1 amide bonds. The fourth-order valence-corrected chi connectivity index (χ4v) is 2.95. The molecule has 140 valence electrons. The first-order chi connectivity index (χ1) is 12.4. The van der Waals surface area contributed by atoms with Crippen LogP contribution >= 0.6 is 0 Å². The van der Waals surface area contributed by atoms with Crippen LogP contribution in [-0.4, -0.2) is 35.1 Å². The van der Waals surface area contributed by atoms with E-state index in [4.69, 9.17) is 9.47 Å². The highest BCUT2D eigenvalue weighted by molar-refractivity contribution is 7.88. The van der Waals surface area contributed by atoms with Gasteiger partial charge < -0.3 is 14.8 Å². The molecule has 7 nitrogen and oxygen atoms in total. The number of methoxy groups -OCH3 is 1. The van der Waals surface area contributed by atoms with Crippen LogP contribution in [0.15, 0.2) is 48.5 Å². The van der Waals surface area contributed by atoms with E-state index in [1.807, 2.05) is 6.07 Å². The Morgan fingerprint density at radius 1 is 1.00 bits per heavy atom. The molecule has 0 heterocycles. The van der Waals surface area contributed by atoms with Gasteiger partial charge in [0.25, 0.3) is 5.91 Å². The topological polar surface area (TPSA) is 93.7 Å². The number of sulfonamides is 1. The summed E-state index contributed by atoms with van der Waals surface area (Å²) in [6, 6.07) is 14.1. The standard InChI is InChI=1S/C18H22N2O5S/c1-19-26(22,23)13-15-9-7-14(8-10-15)11-20-18(21)12-25-17-6-4-3-5-16(17)24-2/h3-10,19H,11-13H2,1-2H3,(H,20,21). The minimum absolute atomic E-state index is 0.0805. The lowest BCUT2D eigenvalue weighted by molar-refractivity contribution is -0.123. The summed E-state index contributed by atoms with van der Waals surface area (Å²) in [6.07, 6.45) is 0. The summed E-state index contributed by atoms with van der Waals surface area (Å²) in [6.45, 7) is 0.200. The predicted octanol–water partition coefficient (Wildman–Crippen LogP) is 1.44. The Balaban J connectivity index is 1.82. The van der Waals surface area contributed by atoms with Gasteiger partial charge in [0.2, 0.25) is 10.0 Å². The van der Waals surface area contributed by atoms with Crippen LogP contribution in [0, 0.1) is 0 Å². The van der Waals surface area contributed by atoms with Crippen molar-refractivity contribution in [2.24, 2.45) is 0 Å². The van der Waals surface area contributed by atoms with Crippen molar-refractivity contribution < 1.29 is 22.7 Å². The molecular weight excluding hydrogens is 356 g/mol. The Labute approximate surface area is 153 Å². The number of benzene rings is 2. The fraction of sp³-hybridized carbons (Fsp3) is 0.278. The van der Waals surface area contributed by atoms with Crippen molar-refractivity contribution in [1.82, 2.24) is 10.0 Å². The van der Waals surface area contributed by atoms with Gasteiger partial charge in [-0.2, -0.15) is 0 Å². The van der Waals surface area contributed by atoms with Crippen molar-refractivity contribution in [1.29, 1.82) is 0 Å². The van der Waals surface area contributed by atoms with E-state index in [0.29, 0.717) is 23.6 Å². The fourth-order valence-electron chi connectivity index (χ4n) is 2.18. The normalized spacial score (nSPS) is 11.0. The zero-order valence-corrected chi connectivity index (χ0v) is 15.5. The molecule has 0 spiro atoms. The lowest BCUT2D eigenvalue weighted by Crippen LogP contribution is -2.28. The van der Waals surface area contributed by atoms with E-state index in [1.54, 1.807) is 42.5 Å².